The fourth-order valence-electron chi connectivity index (χ4n) is 4.70. The maximum absolute atomic E-state index is 13.1. The monoisotopic (exact) mass is 451 g/mol. The maximum Gasteiger partial charge on any atom is 0.253 e. The second-order valence-electron chi connectivity index (χ2n) is 8.34. The molecule has 2 aromatic carbocycles. The Morgan fingerprint density at radius 3 is 2.47 bits per heavy atom. The highest BCUT2D eigenvalue weighted by atomic mass is 32.2. The first-order chi connectivity index (χ1) is 15.3. The van der Waals surface area contributed by atoms with Gasteiger partial charge in [0.05, 0.1) is 22.5 Å². The smallest absolute Gasteiger partial charge is 0.253 e. The van der Waals surface area contributed by atoms with E-state index in [0.29, 0.717) is 31.5 Å². The average molecular weight is 452 g/mol. The Labute approximate surface area is 187 Å². The number of ether oxygens (including phenoxy) is 1. The van der Waals surface area contributed by atoms with Crippen molar-refractivity contribution in [3.8, 4) is 17.0 Å². The third kappa shape index (κ3) is 3.21. The van der Waals surface area contributed by atoms with Gasteiger partial charge in [0, 0.05) is 49.7 Å². The van der Waals surface area contributed by atoms with Crippen molar-refractivity contribution in [3.05, 3.63) is 65.9 Å². The molecule has 0 saturated carbocycles. The summed E-state index contributed by atoms with van der Waals surface area (Å²) in [6, 6.07) is 14.2. The van der Waals surface area contributed by atoms with Gasteiger partial charge in [-0.2, -0.15) is 5.10 Å². The summed E-state index contributed by atoms with van der Waals surface area (Å²) in [5.41, 5.74) is 3.16. The van der Waals surface area contributed by atoms with Crippen molar-refractivity contribution < 1.29 is 17.9 Å². The SMILES string of the molecule is CCS(=O)(=O)c1ccc(C(=O)N2CCC3(CC2)Oc2ccccc2-c2c3cnn2C)cc1. The van der Waals surface area contributed by atoms with Gasteiger partial charge in [-0.15, -0.1) is 0 Å². The third-order valence-electron chi connectivity index (χ3n) is 6.58. The van der Waals surface area contributed by atoms with Crippen molar-refractivity contribution in [2.45, 2.75) is 30.3 Å². The third-order valence-corrected chi connectivity index (χ3v) is 8.33. The summed E-state index contributed by atoms with van der Waals surface area (Å²) in [6.07, 6.45) is 3.21. The summed E-state index contributed by atoms with van der Waals surface area (Å²) < 4.78 is 32.5. The van der Waals surface area contributed by atoms with E-state index < -0.39 is 15.4 Å². The predicted molar refractivity (Wildman–Crippen MR) is 120 cm³/mol. The number of benzene rings is 2. The highest BCUT2D eigenvalue weighted by molar-refractivity contribution is 7.91. The number of likely N-dealkylation sites (tertiary alicyclic amines) is 1. The van der Waals surface area contributed by atoms with Crippen molar-refractivity contribution in [1.29, 1.82) is 0 Å². The summed E-state index contributed by atoms with van der Waals surface area (Å²) in [4.78, 5) is 15.1. The molecule has 0 aliphatic carbocycles. The minimum atomic E-state index is -3.28. The number of carbonyl (C=O) groups excluding carboxylic acids is 1. The van der Waals surface area contributed by atoms with Gasteiger partial charge in [0.15, 0.2) is 9.84 Å². The molecule has 1 amide bonds. The van der Waals surface area contributed by atoms with E-state index in [1.165, 1.54) is 12.1 Å². The lowest BCUT2D eigenvalue weighted by atomic mass is 9.81. The van der Waals surface area contributed by atoms with Crippen LogP contribution in [0, 0.1) is 0 Å². The second kappa shape index (κ2) is 7.48. The van der Waals surface area contributed by atoms with Crippen molar-refractivity contribution in [3.63, 3.8) is 0 Å². The van der Waals surface area contributed by atoms with Gasteiger partial charge >= 0.3 is 0 Å². The molecule has 0 atom stereocenters. The molecule has 166 valence electrons. The fraction of sp³-hybridized carbons (Fsp3) is 0.333. The molecule has 2 aliphatic rings. The standard InChI is InChI=1S/C24H25N3O4S/c1-3-32(29,30)18-10-8-17(9-11-18)23(28)27-14-12-24(13-15-27)20-16-25-26(2)22(20)19-6-4-5-7-21(19)31-24/h4-11,16H,3,12-15H2,1-2H3. The number of sulfone groups is 1. The Balaban J connectivity index is 1.37. The van der Waals surface area contributed by atoms with Gasteiger partial charge in [0.1, 0.15) is 11.4 Å². The Hall–Kier alpha value is -3.13. The molecule has 1 spiro atoms. The summed E-state index contributed by atoms with van der Waals surface area (Å²) in [6.45, 7) is 2.70. The fourth-order valence-corrected chi connectivity index (χ4v) is 5.59. The Morgan fingerprint density at radius 2 is 1.78 bits per heavy atom. The topological polar surface area (TPSA) is 81.5 Å². The molecule has 3 aromatic rings. The van der Waals surface area contributed by atoms with E-state index in [4.69, 9.17) is 4.74 Å². The van der Waals surface area contributed by atoms with Crippen LogP contribution in [0.5, 0.6) is 5.75 Å². The van der Waals surface area contributed by atoms with Crippen LogP contribution in [-0.4, -0.2) is 47.8 Å². The van der Waals surface area contributed by atoms with E-state index in [2.05, 4.69) is 5.10 Å². The first kappa shape index (κ1) is 20.8. The zero-order valence-corrected chi connectivity index (χ0v) is 18.9. The van der Waals surface area contributed by atoms with Crippen molar-refractivity contribution >= 4 is 15.7 Å². The lowest BCUT2D eigenvalue weighted by molar-refractivity contribution is -0.00172. The van der Waals surface area contributed by atoms with Gasteiger partial charge in [0.2, 0.25) is 0 Å². The lowest BCUT2D eigenvalue weighted by Crippen LogP contribution is -2.49. The van der Waals surface area contributed by atoms with Crippen LogP contribution in [-0.2, 0) is 22.5 Å². The molecule has 0 bridgehead atoms. The summed E-state index contributed by atoms with van der Waals surface area (Å²) in [7, 11) is -1.34. The summed E-state index contributed by atoms with van der Waals surface area (Å²) >= 11 is 0. The molecule has 32 heavy (non-hydrogen) atoms. The van der Waals surface area contributed by atoms with Crippen LogP contribution >= 0.6 is 0 Å². The molecule has 3 heterocycles. The number of para-hydroxylation sites is 1. The van der Waals surface area contributed by atoms with E-state index in [0.717, 1.165) is 22.6 Å². The number of hydrogen-bond donors (Lipinski definition) is 0. The van der Waals surface area contributed by atoms with E-state index in [9.17, 15) is 13.2 Å². The Kier molecular flexibility index (Phi) is 4.85. The summed E-state index contributed by atoms with van der Waals surface area (Å²) in [5.74, 6) is 0.785. The van der Waals surface area contributed by atoms with Gasteiger partial charge in [-0.05, 0) is 36.4 Å². The average Bonchev–Trinajstić information content (AvgIpc) is 3.22. The molecule has 5 rings (SSSR count). The van der Waals surface area contributed by atoms with Gasteiger partial charge < -0.3 is 9.64 Å². The minimum absolute atomic E-state index is 0.0357. The van der Waals surface area contributed by atoms with Gasteiger partial charge in [-0.3, -0.25) is 9.48 Å². The minimum Gasteiger partial charge on any atom is -0.482 e. The number of fused-ring (bicyclic) bond motifs is 4. The quantitative estimate of drug-likeness (QED) is 0.610. The number of carbonyl (C=O) groups is 1. The number of aryl methyl sites for hydroxylation is 1. The summed E-state index contributed by atoms with van der Waals surface area (Å²) in [5, 5.41) is 4.49. The van der Waals surface area contributed by atoms with Gasteiger partial charge in [-0.1, -0.05) is 19.1 Å². The van der Waals surface area contributed by atoms with Crippen LogP contribution in [0.15, 0.2) is 59.6 Å². The normalized spacial score (nSPS) is 16.9. The molecular formula is C24H25N3O4S. The number of piperidine rings is 1. The van der Waals surface area contributed by atoms with E-state index in [1.807, 2.05) is 47.1 Å². The molecule has 1 fully saturated rings. The van der Waals surface area contributed by atoms with Crippen LogP contribution < -0.4 is 4.74 Å². The number of nitrogens with zero attached hydrogens (tertiary/aromatic N) is 3. The first-order valence-electron chi connectivity index (χ1n) is 10.8. The highest BCUT2D eigenvalue weighted by Crippen LogP contribution is 2.49. The van der Waals surface area contributed by atoms with Crippen LogP contribution in [0.2, 0.25) is 0 Å². The van der Waals surface area contributed by atoms with Crippen LogP contribution in [0.3, 0.4) is 0 Å². The molecule has 2 aliphatic heterocycles. The molecule has 8 heteroatoms. The molecule has 1 aromatic heterocycles. The van der Waals surface area contributed by atoms with Crippen molar-refractivity contribution in [2.75, 3.05) is 18.8 Å². The molecule has 7 nitrogen and oxygen atoms in total. The van der Waals surface area contributed by atoms with Crippen LogP contribution in [0.25, 0.3) is 11.3 Å². The molecule has 0 unspecified atom stereocenters. The molecule has 1 saturated heterocycles. The zero-order valence-electron chi connectivity index (χ0n) is 18.1. The van der Waals surface area contributed by atoms with E-state index in [1.54, 1.807) is 19.1 Å². The first-order valence-corrected chi connectivity index (χ1v) is 12.4. The van der Waals surface area contributed by atoms with E-state index in [-0.39, 0.29) is 16.6 Å². The van der Waals surface area contributed by atoms with Crippen LogP contribution in [0.1, 0.15) is 35.7 Å². The number of hydrogen-bond acceptors (Lipinski definition) is 5. The Morgan fingerprint density at radius 1 is 1.09 bits per heavy atom. The molecule has 0 radical (unpaired) electrons. The Bertz CT molecular complexity index is 1290. The number of amides is 1. The van der Waals surface area contributed by atoms with Crippen molar-refractivity contribution in [2.24, 2.45) is 7.05 Å². The lowest BCUT2D eigenvalue weighted by Gasteiger charge is -2.44. The zero-order chi connectivity index (χ0) is 22.5. The van der Waals surface area contributed by atoms with Crippen molar-refractivity contribution in [1.82, 2.24) is 14.7 Å². The van der Waals surface area contributed by atoms with Gasteiger partial charge in [-0.25, -0.2) is 8.42 Å². The van der Waals surface area contributed by atoms with E-state index >= 15 is 0 Å². The van der Waals surface area contributed by atoms with Crippen LogP contribution in [0.4, 0.5) is 0 Å². The maximum atomic E-state index is 13.1. The molecule has 0 N–H and O–H groups in total. The molecular weight excluding hydrogens is 426 g/mol. The van der Waals surface area contributed by atoms with Gasteiger partial charge in [0.25, 0.3) is 5.91 Å². The second-order valence-corrected chi connectivity index (χ2v) is 10.6. The predicted octanol–water partition coefficient (Wildman–Crippen LogP) is 3.40. The number of rotatable bonds is 3. The number of aromatic nitrogens is 2. The highest BCUT2D eigenvalue weighted by Gasteiger charge is 2.45. The largest absolute Gasteiger partial charge is 0.482 e.